The van der Waals surface area contributed by atoms with Gasteiger partial charge in [0.15, 0.2) is 0 Å². The Morgan fingerprint density at radius 1 is 1.00 bits per heavy atom. The normalized spacial score (nSPS) is 10.4. The molecule has 1 amide bonds. The van der Waals surface area contributed by atoms with Crippen LogP contribution in [0.1, 0.15) is 30.6 Å². The van der Waals surface area contributed by atoms with E-state index in [9.17, 15) is 4.79 Å². The Bertz CT molecular complexity index is 695. The van der Waals surface area contributed by atoms with Gasteiger partial charge >= 0.3 is 0 Å². The molecular weight excluding hydrogens is 318 g/mol. The minimum Gasteiger partial charge on any atom is -0.497 e. The second-order valence-electron chi connectivity index (χ2n) is 6.08. The standard InChI is InChI=1S/C20H25NO4/c1-14(2)11-12-25-16-7-5-15(6-8-16)20(22)21-18-13-17(23-3)9-10-19(18)24-4/h5-10,13-14H,11-12H2,1-4H3,(H,21,22). The van der Waals surface area contributed by atoms with E-state index in [2.05, 4.69) is 19.2 Å². The van der Waals surface area contributed by atoms with E-state index in [1.807, 2.05) is 0 Å². The van der Waals surface area contributed by atoms with Crippen molar-refractivity contribution < 1.29 is 19.0 Å². The van der Waals surface area contributed by atoms with Gasteiger partial charge < -0.3 is 19.5 Å². The molecule has 0 aliphatic rings. The molecule has 2 aromatic rings. The second-order valence-corrected chi connectivity index (χ2v) is 6.08. The summed E-state index contributed by atoms with van der Waals surface area (Å²) in [5.74, 6) is 2.35. The van der Waals surface area contributed by atoms with Crippen LogP contribution in [-0.2, 0) is 0 Å². The Labute approximate surface area is 148 Å². The molecule has 5 heteroatoms. The summed E-state index contributed by atoms with van der Waals surface area (Å²) in [6.45, 7) is 4.98. The van der Waals surface area contributed by atoms with E-state index in [0.717, 1.165) is 12.2 Å². The van der Waals surface area contributed by atoms with Gasteiger partial charge in [0.1, 0.15) is 17.2 Å². The fourth-order valence-corrected chi connectivity index (χ4v) is 2.22. The van der Waals surface area contributed by atoms with Crippen molar-refractivity contribution in [1.29, 1.82) is 0 Å². The molecule has 0 aliphatic heterocycles. The number of carbonyl (C=O) groups excluding carboxylic acids is 1. The molecule has 0 saturated heterocycles. The Morgan fingerprint density at radius 2 is 1.68 bits per heavy atom. The van der Waals surface area contributed by atoms with Crippen LogP contribution in [0.3, 0.4) is 0 Å². The lowest BCUT2D eigenvalue weighted by atomic mass is 10.1. The average molecular weight is 343 g/mol. The lowest BCUT2D eigenvalue weighted by molar-refractivity contribution is 0.102. The van der Waals surface area contributed by atoms with Gasteiger partial charge in [-0.1, -0.05) is 13.8 Å². The van der Waals surface area contributed by atoms with E-state index in [4.69, 9.17) is 14.2 Å². The highest BCUT2D eigenvalue weighted by atomic mass is 16.5. The maximum Gasteiger partial charge on any atom is 0.255 e. The van der Waals surface area contributed by atoms with E-state index in [1.54, 1.807) is 56.7 Å². The van der Waals surface area contributed by atoms with Gasteiger partial charge in [-0.2, -0.15) is 0 Å². The summed E-state index contributed by atoms with van der Waals surface area (Å²) in [7, 11) is 3.13. The molecule has 2 rings (SSSR count). The maximum absolute atomic E-state index is 12.4. The maximum atomic E-state index is 12.4. The number of amides is 1. The van der Waals surface area contributed by atoms with Gasteiger partial charge in [-0.15, -0.1) is 0 Å². The fraction of sp³-hybridized carbons (Fsp3) is 0.350. The lowest BCUT2D eigenvalue weighted by Crippen LogP contribution is -2.12. The molecule has 0 radical (unpaired) electrons. The Kier molecular flexibility index (Phi) is 6.69. The summed E-state index contributed by atoms with van der Waals surface area (Å²) < 4.78 is 16.1. The number of hydrogen-bond donors (Lipinski definition) is 1. The van der Waals surface area contributed by atoms with Gasteiger partial charge in [-0.05, 0) is 48.7 Å². The first kappa shape index (κ1) is 18.6. The first-order valence-electron chi connectivity index (χ1n) is 8.29. The highest BCUT2D eigenvalue weighted by Gasteiger charge is 2.11. The molecule has 0 heterocycles. The van der Waals surface area contributed by atoms with Crippen LogP contribution >= 0.6 is 0 Å². The van der Waals surface area contributed by atoms with Crippen LogP contribution in [0.15, 0.2) is 42.5 Å². The predicted molar refractivity (Wildman–Crippen MR) is 98.9 cm³/mol. The SMILES string of the molecule is COc1ccc(OC)c(NC(=O)c2ccc(OCCC(C)C)cc2)c1. The molecule has 0 aromatic heterocycles. The van der Waals surface area contributed by atoms with Crippen LogP contribution in [0.4, 0.5) is 5.69 Å². The molecule has 2 aromatic carbocycles. The lowest BCUT2D eigenvalue weighted by Gasteiger charge is -2.12. The van der Waals surface area contributed by atoms with E-state index in [-0.39, 0.29) is 5.91 Å². The quantitative estimate of drug-likeness (QED) is 0.773. The van der Waals surface area contributed by atoms with E-state index in [1.165, 1.54) is 0 Å². The summed E-state index contributed by atoms with van der Waals surface area (Å²) in [4.78, 5) is 12.4. The summed E-state index contributed by atoms with van der Waals surface area (Å²) in [6, 6.07) is 12.3. The molecule has 0 bridgehead atoms. The van der Waals surface area contributed by atoms with Crippen molar-refractivity contribution in [2.75, 3.05) is 26.1 Å². The summed E-state index contributed by atoms with van der Waals surface area (Å²) in [6.07, 6.45) is 0.998. The molecule has 1 N–H and O–H groups in total. The Balaban J connectivity index is 2.03. The monoisotopic (exact) mass is 343 g/mol. The molecule has 134 valence electrons. The van der Waals surface area contributed by atoms with Crippen LogP contribution in [0, 0.1) is 5.92 Å². The number of anilines is 1. The minimum absolute atomic E-state index is 0.222. The van der Waals surface area contributed by atoms with Crippen molar-refractivity contribution in [3.05, 3.63) is 48.0 Å². The predicted octanol–water partition coefficient (Wildman–Crippen LogP) is 4.38. The topological polar surface area (TPSA) is 56.8 Å². The summed E-state index contributed by atoms with van der Waals surface area (Å²) >= 11 is 0. The van der Waals surface area contributed by atoms with Crippen LogP contribution in [0.5, 0.6) is 17.2 Å². The Morgan fingerprint density at radius 3 is 2.28 bits per heavy atom. The van der Waals surface area contributed by atoms with Crippen molar-refractivity contribution in [1.82, 2.24) is 0 Å². The van der Waals surface area contributed by atoms with Crippen molar-refractivity contribution in [3.63, 3.8) is 0 Å². The second kappa shape index (κ2) is 8.97. The number of methoxy groups -OCH3 is 2. The summed E-state index contributed by atoms with van der Waals surface area (Å²) in [5.41, 5.74) is 1.10. The molecular formula is C20H25NO4. The zero-order valence-electron chi connectivity index (χ0n) is 15.2. The molecule has 0 unspecified atom stereocenters. The number of carbonyl (C=O) groups is 1. The van der Waals surface area contributed by atoms with Crippen molar-refractivity contribution in [3.8, 4) is 17.2 Å². The van der Waals surface area contributed by atoms with Gasteiger partial charge in [0.05, 0.1) is 26.5 Å². The van der Waals surface area contributed by atoms with Gasteiger partial charge in [0, 0.05) is 11.6 Å². The zero-order valence-corrected chi connectivity index (χ0v) is 15.2. The van der Waals surface area contributed by atoms with E-state index >= 15 is 0 Å². The van der Waals surface area contributed by atoms with Crippen LogP contribution < -0.4 is 19.5 Å². The van der Waals surface area contributed by atoms with Crippen molar-refractivity contribution in [2.24, 2.45) is 5.92 Å². The molecule has 0 aliphatic carbocycles. The molecule has 0 atom stereocenters. The third kappa shape index (κ3) is 5.41. The first-order chi connectivity index (χ1) is 12.0. The molecule has 0 spiro atoms. The highest BCUT2D eigenvalue weighted by Crippen LogP contribution is 2.29. The van der Waals surface area contributed by atoms with Gasteiger partial charge in [0.2, 0.25) is 0 Å². The fourth-order valence-electron chi connectivity index (χ4n) is 2.22. The van der Waals surface area contributed by atoms with Gasteiger partial charge in [-0.3, -0.25) is 4.79 Å². The van der Waals surface area contributed by atoms with E-state index in [0.29, 0.717) is 35.3 Å². The van der Waals surface area contributed by atoms with Crippen LogP contribution in [0.25, 0.3) is 0 Å². The number of benzene rings is 2. The van der Waals surface area contributed by atoms with Crippen molar-refractivity contribution in [2.45, 2.75) is 20.3 Å². The Hall–Kier alpha value is -2.69. The zero-order chi connectivity index (χ0) is 18.2. The van der Waals surface area contributed by atoms with E-state index < -0.39 is 0 Å². The van der Waals surface area contributed by atoms with Crippen molar-refractivity contribution >= 4 is 11.6 Å². The van der Waals surface area contributed by atoms with Crippen LogP contribution in [0.2, 0.25) is 0 Å². The minimum atomic E-state index is -0.222. The number of ether oxygens (including phenoxy) is 3. The summed E-state index contributed by atoms with van der Waals surface area (Å²) in [5, 5.41) is 2.85. The smallest absolute Gasteiger partial charge is 0.255 e. The highest BCUT2D eigenvalue weighted by molar-refractivity contribution is 6.05. The third-order valence-corrected chi connectivity index (χ3v) is 3.74. The number of hydrogen-bond acceptors (Lipinski definition) is 4. The molecule has 0 fully saturated rings. The van der Waals surface area contributed by atoms with Gasteiger partial charge in [0.25, 0.3) is 5.91 Å². The largest absolute Gasteiger partial charge is 0.497 e. The molecule has 0 saturated carbocycles. The number of rotatable bonds is 8. The molecule has 5 nitrogen and oxygen atoms in total. The third-order valence-electron chi connectivity index (χ3n) is 3.74. The van der Waals surface area contributed by atoms with Gasteiger partial charge in [-0.25, -0.2) is 0 Å². The van der Waals surface area contributed by atoms with Crippen LogP contribution in [-0.4, -0.2) is 26.7 Å². The number of nitrogens with one attached hydrogen (secondary N) is 1. The molecule has 25 heavy (non-hydrogen) atoms. The first-order valence-corrected chi connectivity index (χ1v) is 8.29. The average Bonchev–Trinajstić information content (AvgIpc) is 2.61.